The van der Waals surface area contributed by atoms with Crippen LogP contribution in [0.3, 0.4) is 0 Å². The van der Waals surface area contributed by atoms with E-state index < -0.39 is 0 Å². The van der Waals surface area contributed by atoms with Crippen molar-refractivity contribution < 1.29 is 0 Å². The number of nitriles is 1. The Kier molecular flexibility index (Phi) is 3.62. The lowest BCUT2D eigenvalue weighted by atomic mass is 10.2. The summed E-state index contributed by atoms with van der Waals surface area (Å²) in [6, 6.07) is 7.26. The molecule has 5 heteroatoms. The number of hydrogen-bond donors (Lipinski definition) is 1. The molecule has 0 radical (unpaired) electrons. The van der Waals surface area contributed by atoms with Crippen LogP contribution in [0.25, 0.3) is 0 Å². The maximum Gasteiger partial charge on any atom is 0.0992 e. The minimum atomic E-state index is 0.560. The third-order valence-electron chi connectivity index (χ3n) is 2.22. The van der Waals surface area contributed by atoms with Gasteiger partial charge in [-0.25, -0.2) is 4.98 Å². The molecule has 0 aliphatic heterocycles. The Morgan fingerprint density at radius 2 is 2.35 bits per heavy atom. The van der Waals surface area contributed by atoms with Crippen LogP contribution in [0, 0.1) is 18.3 Å². The van der Waals surface area contributed by atoms with E-state index in [1.165, 1.54) is 0 Å². The van der Waals surface area contributed by atoms with Gasteiger partial charge in [0.15, 0.2) is 0 Å². The standard InChI is InChI=1S/C12H10ClN3S/c1-8-15-6-10(17-8)7-16-12-3-2-9(5-14)4-11(12)13/h2-4,6,16H,7H2,1H3. The van der Waals surface area contributed by atoms with Crippen LogP contribution < -0.4 is 5.32 Å². The van der Waals surface area contributed by atoms with Crippen LogP contribution in [0.15, 0.2) is 24.4 Å². The first-order chi connectivity index (χ1) is 8.19. The first kappa shape index (κ1) is 11.9. The number of benzene rings is 1. The summed E-state index contributed by atoms with van der Waals surface area (Å²) < 4.78 is 0. The van der Waals surface area contributed by atoms with Crippen LogP contribution in [0.1, 0.15) is 15.4 Å². The van der Waals surface area contributed by atoms with Gasteiger partial charge in [-0.15, -0.1) is 11.3 Å². The molecule has 86 valence electrons. The molecule has 0 saturated heterocycles. The van der Waals surface area contributed by atoms with Crippen molar-refractivity contribution in [1.82, 2.24) is 4.98 Å². The highest BCUT2D eigenvalue weighted by Crippen LogP contribution is 2.24. The van der Waals surface area contributed by atoms with Crippen LogP contribution in [0.5, 0.6) is 0 Å². The second kappa shape index (κ2) is 5.17. The number of nitrogens with one attached hydrogen (secondary N) is 1. The van der Waals surface area contributed by atoms with Gasteiger partial charge < -0.3 is 5.32 Å². The molecular formula is C12H10ClN3S. The molecule has 0 aliphatic rings. The number of halogens is 1. The van der Waals surface area contributed by atoms with Gasteiger partial charge in [-0.2, -0.15) is 5.26 Å². The number of anilines is 1. The lowest BCUT2D eigenvalue weighted by Crippen LogP contribution is -1.98. The maximum absolute atomic E-state index is 8.73. The molecule has 0 unspecified atom stereocenters. The summed E-state index contributed by atoms with van der Waals surface area (Å²) in [5.74, 6) is 0. The summed E-state index contributed by atoms with van der Waals surface area (Å²) >= 11 is 7.71. The summed E-state index contributed by atoms with van der Waals surface area (Å²) in [5.41, 5.74) is 1.39. The van der Waals surface area contributed by atoms with Gasteiger partial charge in [-0.1, -0.05) is 11.6 Å². The summed E-state index contributed by atoms with van der Waals surface area (Å²) in [4.78, 5) is 5.34. The monoisotopic (exact) mass is 263 g/mol. The van der Waals surface area contributed by atoms with Crippen LogP contribution in [0.4, 0.5) is 5.69 Å². The first-order valence-corrected chi connectivity index (χ1v) is 6.23. The van der Waals surface area contributed by atoms with Gasteiger partial charge in [0, 0.05) is 11.1 Å². The topological polar surface area (TPSA) is 48.7 Å². The number of nitrogens with zero attached hydrogens (tertiary/aromatic N) is 2. The molecular weight excluding hydrogens is 254 g/mol. The zero-order chi connectivity index (χ0) is 12.3. The Labute approximate surface area is 109 Å². The van der Waals surface area contributed by atoms with Gasteiger partial charge in [0.2, 0.25) is 0 Å². The highest BCUT2D eigenvalue weighted by Gasteiger charge is 2.03. The molecule has 0 aliphatic carbocycles. The van der Waals surface area contributed by atoms with Gasteiger partial charge >= 0.3 is 0 Å². The third kappa shape index (κ3) is 2.96. The summed E-state index contributed by atoms with van der Waals surface area (Å²) in [5, 5.41) is 13.6. The molecule has 0 spiro atoms. The van der Waals surface area contributed by atoms with Crippen molar-refractivity contribution in [3.8, 4) is 6.07 Å². The Morgan fingerprint density at radius 1 is 1.53 bits per heavy atom. The van der Waals surface area contributed by atoms with Crippen molar-refractivity contribution >= 4 is 28.6 Å². The predicted molar refractivity (Wildman–Crippen MR) is 70.3 cm³/mol. The smallest absolute Gasteiger partial charge is 0.0992 e. The fourth-order valence-electron chi connectivity index (χ4n) is 1.40. The van der Waals surface area contributed by atoms with E-state index in [-0.39, 0.29) is 0 Å². The van der Waals surface area contributed by atoms with E-state index in [1.54, 1.807) is 23.5 Å². The minimum Gasteiger partial charge on any atom is -0.379 e. The Morgan fingerprint density at radius 3 is 2.94 bits per heavy atom. The van der Waals surface area contributed by atoms with Gasteiger partial charge in [-0.3, -0.25) is 0 Å². The fourth-order valence-corrected chi connectivity index (χ4v) is 2.38. The van der Waals surface area contributed by atoms with E-state index in [4.69, 9.17) is 16.9 Å². The molecule has 0 atom stereocenters. The Balaban J connectivity index is 2.07. The predicted octanol–water partition coefficient (Wildman–Crippen LogP) is 3.59. The van der Waals surface area contributed by atoms with Crippen molar-refractivity contribution in [3.05, 3.63) is 44.9 Å². The van der Waals surface area contributed by atoms with E-state index in [2.05, 4.69) is 16.4 Å². The minimum absolute atomic E-state index is 0.560. The van der Waals surface area contributed by atoms with Crippen molar-refractivity contribution in [2.45, 2.75) is 13.5 Å². The van der Waals surface area contributed by atoms with Crippen LogP contribution >= 0.6 is 22.9 Å². The molecule has 0 amide bonds. The largest absolute Gasteiger partial charge is 0.379 e. The van der Waals surface area contributed by atoms with Crippen LogP contribution in [-0.2, 0) is 6.54 Å². The highest BCUT2D eigenvalue weighted by atomic mass is 35.5. The number of aryl methyl sites for hydroxylation is 1. The second-order valence-electron chi connectivity index (χ2n) is 3.51. The van der Waals surface area contributed by atoms with Crippen LogP contribution in [-0.4, -0.2) is 4.98 Å². The molecule has 0 fully saturated rings. The molecule has 1 aromatic heterocycles. The molecule has 0 bridgehead atoms. The molecule has 0 saturated carbocycles. The molecule has 2 rings (SSSR count). The number of thiazole rings is 1. The van der Waals surface area contributed by atoms with Gasteiger partial charge in [0.1, 0.15) is 0 Å². The summed E-state index contributed by atoms with van der Waals surface area (Å²) in [6.45, 7) is 2.67. The normalized spacial score (nSPS) is 9.94. The molecule has 1 heterocycles. The maximum atomic E-state index is 8.73. The first-order valence-electron chi connectivity index (χ1n) is 5.04. The summed E-state index contributed by atoms with van der Waals surface area (Å²) in [6.07, 6.45) is 1.85. The SMILES string of the molecule is Cc1ncc(CNc2ccc(C#N)cc2Cl)s1. The van der Waals surface area contributed by atoms with E-state index in [0.717, 1.165) is 15.6 Å². The number of aromatic nitrogens is 1. The fraction of sp³-hybridized carbons (Fsp3) is 0.167. The molecule has 2 aromatic rings. The quantitative estimate of drug-likeness (QED) is 0.921. The van der Waals surface area contributed by atoms with Crippen molar-refractivity contribution in [3.63, 3.8) is 0 Å². The second-order valence-corrected chi connectivity index (χ2v) is 5.23. The van der Waals surface area contributed by atoms with E-state index in [0.29, 0.717) is 17.1 Å². The molecule has 1 aromatic carbocycles. The van der Waals surface area contributed by atoms with E-state index in [1.807, 2.05) is 19.2 Å². The average molecular weight is 264 g/mol. The number of rotatable bonds is 3. The van der Waals surface area contributed by atoms with Gasteiger partial charge in [-0.05, 0) is 25.1 Å². The van der Waals surface area contributed by atoms with E-state index >= 15 is 0 Å². The summed E-state index contributed by atoms with van der Waals surface area (Å²) in [7, 11) is 0. The van der Waals surface area contributed by atoms with Gasteiger partial charge in [0.05, 0.1) is 33.9 Å². The van der Waals surface area contributed by atoms with E-state index in [9.17, 15) is 0 Å². The van der Waals surface area contributed by atoms with Crippen molar-refractivity contribution in [1.29, 1.82) is 5.26 Å². The third-order valence-corrected chi connectivity index (χ3v) is 3.45. The molecule has 17 heavy (non-hydrogen) atoms. The van der Waals surface area contributed by atoms with Crippen LogP contribution in [0.2, 0.25) is 5.02 Å². The number of hydrogen-bond acceptors (Lipinski definition) is 4. The average Bonchev–Trinajstić information content (AvgIpc) is 2.73. The zero-order valence-corrected chi connectivity index (χ0v) is 10.8. The van der Waals surface area contributed by atoms with Crippen molar-refractivity contribution in [2.24, 2.45) is 0 Å². The Hall–Kier alpha value is -1.57. The molecule has 1 N–H and O–H groups in total. The zero-order valence-electron chi connectivity index (χ0n) is 9.20. The lowest BCUT2D eigenvalue weighted by Gasteiger charge is -2.06. The lowest BCUT2D eigenvalue weighted by molar-refractivity contribution is 1.17. The van der Waals surface area contributed by atoms with Crippen molar-refractivity contribution in [2.75, 3.05) is 5.32 Å². The molecule has 3 nitrogen and oxygen atoms in total. The van der Waals surface area contributed by atoms with Gasteiger partial charge in [0.25, 0.3) is 0 Å². The Bertz CT molecular complexity index is 571. The highest BCUT2D eigenvalue weighted by molar-refractivity contribution is 7.11.